The van der Waals surface area contributed by atoms with Crippen molar-refractivity contribution in [1.82, 2.24) is 4.98 Å². The number of carboxylic acid groups (broad SMARTS) is 1. The number of hydrogen-bond acceptors (Lipinski definition) is 2. The first-order chi connectivity index (χ1) is 5.11. The van der Waals surface area contributed by atoms with Crippen molar-refractivity contribution in [2.45, 2.75) is 13.8 Å². The SMILES string of the molecule is Cc1cnc(C(=O)O)c(C)c1.[H-].[Na+]. The molecule has 1 heterocycles. The van der Waals surface area contributed by atoms with E-state index in [0.717, 1.165) is 5.56 Å². The molecule has 0 spiro atoms. The van der Waals surface area contributed by atoms with Crippen molar-refractivity contribution in [2.75, 3.05) is 0 Å². The molecule has 0 radical (unpaired) electrons. The molecule has 3 nitrogen and oxygen atoms in total. The maximum atomic E-state index is 10.5. The summed E-state index contributed by atoms with van der Waals surface area (Å²) < 4.78 is 0. The summed E-state index contributed by atoms with van der Waals surface area (Å²) in [6.45, 7) is 3.62. The molecule has 4 heteroatoms. The Morgan fingerprint density at radius 3 is 2.58 bits per heavy atom. The molecule has 1 aromatic rings. The summed E-state index contributed by atoms with van der Waals surface area (Å²) >= 11 is 0. The summed E-state index contributed by atoms with van der Waals surface area (Å²) in [5.41, 5.74) is 1.82. The van der Waals surface area contributed by atoms with Crippen LogP contribution in [0.1, 0.15) is 23.0 Å². The van der Waals surface area contributed by atoms with Crippen LogP contribution in [0.15, 0.2) is 12.3 Å². The first-order valence-electron chi connectivity index (χ1n) is 3.28. The van der Waals surface area contributed by atoms with Crippen LogP contribution in [0.3, 0.4) is 0 Å². The van der Waals surface area contributed by atoms with E-state index in [1.807, 2.05) is 6.92 Å². The second kappa shape index (κ2) is 4.60. The van der Waals surface area contributed by atoms with E-state index in [-0.39, 0.29) is 36.7 Å². The minimum atomic E-state index is -0.970. The number of nitrogens with zero attached hydrogens (tertiary/aromatic N) is 1. The molecular weight excluding hydrogens is 165 g/mol. The number of aromatic carboxylic acids is 1. The maximum Gasteiger partial charge on any atom is 1.00 e. The monoisotopic (exact) mass is 175 g/mol. The van der Waals surface area contributed by atoms with Crippen LogP contribution in [0, 0.1) is 13.8 Å². The quantitative estimate of drug-likeness (QED) is 0.529. The van der Waals surface area contributed by atoms with Gasteiger partial charge in [-0.15, -0.1) is 0 Å². The molecule has 0 atom stereocenters. The fraction of sp³-hybridized carbons (Fsp3) is 0.250. The minimum absolute atomic E-state index is 0. The van der Waals surface area contributed by atoms with Crippen LogP contribution in [-0.2, 0) is 0 Å². The van der Waals surface area contributed by atoms with Gasteiger partial charge in [0.15, 0.2) is 5.69 Å². The van der Waals surface area contributed by atoms with Gasteiger partial charge in [0.2, 0.25) is 0 Å². The number of carbonyl (C=O) groups is 1. The largest absolute Gasteiger partial charge is 1.00 e. The van der Waals surface area contributed by atoms with Gasteiger partial charge in [0.05, 0.1) is 0 Å². The van der Waals surface area contributed by atoms with Crippen LogP contribution in [0.25, 0.3) is 0 Å². The number of pyridine rings is 1. The van der Waals surface area contributed by atoms with Crippen molar-refractivity contribution in [3.8, 4) is 0 Å². The van der Waals surface area contributed by atoms with Crippen LogP contribution in [0.5, 0.6) is 0 Å². The summed E-state index contributed by atoms with van der Waals surface area (Å²) in [5, 5.41) is 8.59. The van der Waals surface area contributed by atoms with Gasteiger partial charge >= 0.3 is 35.5 Å². The summed E-state index contributed by atoms with van der Waals surface area (Å²) in [5.74, 6) is -0.970. The molecule has 0 fully saturated rings. The zero-order chi connectivity index (χ0) is 8.43. The van der Waals surface area contributed by atoms with Crippen LogP contribution < -0.4 is 29.6 Å². The number of rotatable bonds is 1. The number of aryl methyl sites for hydroxylation is 2. The van der Waals surface area contributed by atoms with E-state index in [2.05, 4.69) is 4.98 Å². The molecule has 12 heavy (non-hydrogen) atoms. The van der Waals surface area contributed by atoms with E-state index in [9.17, 15) is 4.79 Å². The Morgan fingerprint density at radius 2 is 2.17 bits per heavy atom. The molecule has 0 unspecified atom stereocenters. The standard InChI is InChI=1S/C8H9NO2.Na.H/c1-5-3-6(2)7(8(10)11)9-4-5;;/h3-4H,1-2H3,(H,10,11);;/q;+1;-1. The van der Waals surface area contributed by atoms with Crippen molar-refractivity contribution in [3.05, 3.63) is 29.1 Å². The summed E-state index contributed by atoms with van der Waals surface area (Å²) in [7, 11) is 0. The average Bonchev–Trinajstić information content (AvgIpc) is 1.85. The Labute approximate surface area is 94.6 Å². The molecule has 0 aromatic carbocycles. The molecule has 0 aliphatic heterocycles. The molecule has 0 amide bonds. The number of hydrogen-bond donors (Lipinski definition) is 1. The first-order valence-corrected chi connectivity index (χ1v) is 3.28. The topological polar surface area (TPSA) is 50.2 Å². The van der Waals surface area contributed by atoms with Crippen molar-refractivity contribution < 1.29 is 40.9 Å². The van der Waals surface area contributed by atoms with Gasteiger partial charge in [0, 0.05) is 6.20 Å². The molecule has 0 saturated heterocycles. The molecule has 0 bridgehead atoms. The van der Waals surface area contributed by atoms with Crippen LogP contribution >= 0.6 is 0 Å². The Balaban J connectivity index is 0. The van der Waals surface area contributed by atoms with Crippen molar-refractivity contribution >= 4 is 5.97 Å². The van der Waals surface area contributed by atoms with Crippen molar-refractivity contribution in [2.24, 2.45) is 0 Å². The van der Waals surface area contributed by atoms with Crippen LogP contribution in [-0.4, -0.2) is 16.1 Å². The van der Waals surface area contributed by atoms with Gasteiger partial charge in [-0.05, 0) is 25.0 Å². The Morgan fingerprint density at radius 1 is 1.58 bits per heavy atom. The molecule has 0 aliphatic rings. The second-order valence-corrected chi connectivity index (χ2v) is 2.48. The molecule has 1 rings (SSSR count). The second-order valence-electron chi connectivity index (χ2n) is 2.48. The summed E-state index contributed by atoms with van der Waals surface area (Å²) in [6.07, 6.45) is 1.55. The average molecular weight is 175 g/mol. The predicted octanol–water partition coefficient (Wildman–Crippen LogP) is -1.49. The zero-order valence-electron chi connectivity index (χ0n) is 8.46. The third-order valence-corrected chi connectivity index (χ3v) is 1.42. The summed E-state index contributed by atoms with van der Waals surface area (Å²) in [4.78, 5) is 14.2. The van der Waals surface area contributed by atoms with E-state index in [4.69, 9.17) is 5.11 Å². The van der Waals surface area contributed by atoms with E-state index < -0.39 is 5.97 Å². The van der Waals surface area contributed by atoms with Gasteiger partial charge in [-0.25, -0.2) is 9.78 Å². The predicted molar refractivity (Wildman–Crippen MR) is 41.8 cm³/mol. The molecular formula is C8H10NNaO2. The third-order valence-electron chi connectivity index (χ3n) is 1.42. The number of carboxylic acids is 1. The Kier molecular flexibility index (Phi) is 4.45. The first kappa shape index (κ1) is 11.6. The van der Waals surface area contributed by atoms with Crippen LogP contribution in [0.2, 0.25) is 0 Å². The van der Waals surface area contributed by atoms with Gasteiger partial charge in [-0.3, -0.25) is 0 Å². The Bertz CT molecular complexity index is 304. The van der Waals surface area contributed by atoms with Gasteiger partial charge in [-0.2, -0.15) is 0 Å². The van der Waals surface area contributed by atoms with Gasteiger partial charge in [-0.1, -0.05) is 6.07 Å². The molecule has 1 N–H and O–H groups in total. The van der Waals surface area contributed by atoms with Gasteiger partial charge in [0.25, 0.3) is 0 Å². The van der Waals surface area contributed by atoms with Crippen LogP contribution in [0.4, 0.5) is 0 Å². The Hall–Kier alpha value is -0.380. The number of aromatic nitrogens is 1. The van der Waals surface area contributed by atoms with E-state index >= 15 is 0 Å². The molecule has 1 aromatic heterocycles. The molecule has 0 aliphatic carbocycles. The maximum absolute atomic E-state index is 10.5. The summed E-state index contributed by atoms with van der Waals surface area (Å²) in [6, 6.07) is 1.80. The minimum Gasteiger partial charge on any atom is -1.00 e. The third kappa shape index (κ3) is 2.59. The van der Waals surface area contributed by atoms with E-state index in [0.29, 0.717) is 5.56 Å². The van der Waals surface area contributed by atoms with Gasteiger partial charge < -0.3 is 6.53 Å². The van der Waals surface area contributed by atoms with Gasteiger partial charge in [0.1, 0.15) is 0 Å². The van der Waals surface area contributed by atoms with E-state index in [1.165, 1.54) is 0 Å². The molecule has 60 valence electrons. The molecule has 0 saturated carbocycles. The zero-order valence-corrected chi connectivity index (χ0v) is 9.46. The van der Waals surface area contributed by atoms with Crippen molar-refractivity contribution in [3.63, 3.8) is 0 Å². The van der Waals surface area contributed by atoms with Crippen molar-refractivity contribution in [1.29, 1.82) is 0 Å². The fourth-order valence-electron chi connectivity index (χ4n) is 0.939. The van der Waals surface area contributed by atoms with E-state index in [1.54, 1.807) is 19.2 Å². The normalized spacial score (nSPS) is 8.83. The smallest absolute Gasteiger partial charge is 1.00 e. The fourth-order valence-corrected chi connectivity index (χ4v) is 0.939.